The maximum absolute atomic E-state index is 11.3. The lowest BCUT2D eigenvalue weighted by atomic mass is 10.0. The molecule has 0 radical (unpaired) electrons. The molecule has 0 aliphatic carbocycles. The van der Waals surface area contributed by atoms with Gasteiger partial charge in [0.2, 0.25) is 0 Å². The van der Waals surface area contributed by atoms with Crippen LogP contribution in [0.1, 0.15) is 15.9 Å². The number of nitrogens with two attached hydrogens (primary N) is 1. The molecule has 3 nitrogen and oxygen atoms in total. The summed E-state index contributed by atoms with van der Waals surface area (Å²) in [6, 6.07) is 3.29. The number of Topliss-reactive ketones (excluding diaryl/α,β-unsaturated/α-hetero) is 1. The highest BCUT2D eigenvalue weighted by Crippen LogP contribution is 2.27. The molecule has 0 aromatic heterocycles. The highest BCUT2D eigenvalue weighted by Gasteiger charge is 2.14. The van der Waals surface area contributed by atoms with Gasteiger partial charge in [0, 0.05) is 5.69 Å². The summed E-state index contributed by atoms with van der Waals surface area (Å²) in [5, 5.41) is 9.72. The predicted octanol–water partition coefficient (Wildman–Crippen LogP) is 1.86. The van der Waals surface area contributed by atoms with E-state index in [0.717, 1.165) is 0 Å². The Bertz CT molecular complexity index is 350. The molecule has 0 fully saturated rings. The van der Waals surface area contributed by atoms with Crippen LogP contribution in [-0.2, 0) is 0 Å². The molecule has 0 heterocycles. The van der Waals surface area contributed by atoms with Gasteiger partial charge in [0.15, 0.2) is 5.78 Å². The van der Waals surface area contributed by atoms with E-state index >= 15 is 0 Å². The van der Waals surface area contributed by atoms with Crippen molar-refractivity contribution in [3.05, 3.63) is 23.3 Å². The lowest BCUT2D eigenvalue weighted by Gasteiger charge is -2.07. The van der Waals surface area contributed by atoms with Crippen molar-refractivity contribution < 1.29 is 9.90 Å². The summed E-state index contributed by atoms with van der Waals surface area (Å²) in [7, 11) is 0. The Labute approximate surface area is 84.7 Å². The Morgan fingerprint density at radius 3 is 2.77 bits per heavy atom. The van der Waals surface area contributed by atoms with E-state index in [-0.39, 0.29) is 22.4 Å². The second-order valence-corrected chi connectivity index (χ2v) is 3.31. The summed E-state index contributed by atoms with van der Waals surface area (Å²) in [6.07, 6.45) is 0. The van der Waals surface area contributed by atoms with Crippen molar-refractivity contribution in [2.75, 3.05) is 11.1 Å². The van der Waals surface area contributed by atoms with Crippen molar-refractivity contribution in [1.82, 2.24) is 0 Å². The van der Waals surface area contributed by atoms with Gasteiger partial charge in [-0.05, 0) is 18.6 Å². The number of alkyl halides is 1. The second kappa shape index (κ2) is 3.79. The van der Waals surface area contributed by atoms with Gasteiger partial charge in [-0.15, -0.1) is 0 Å². The quantitative estimate of drug-likeness (QED) is 0.474. The van der Waals surface area contributed by atoms with Gasteiger partial charge < -0.3 is 10.8 Å². The van der Waals surface area contributed by atoms with Crippen LogP contribution >= 0.6 is 15.9 Å². The van der Waals surface area contributed by atoms with Crippen molar-refractivity contribution in [3.63, 3.8) is 0 Å². The number of rotatable bonds is 2. The van der Waals surface area contributed by atoms with Gasteiger partial charge in [0.05, 0.1) is 10.9 Å². The van der Waals surface area contributed by atoms with Gasteiger partial charge >= 0.3 is 0 Å². The SMILES string of the molecule is Cc1ccc(N)c(C(=O)CBr)c1O. The van der Waals surface area contributed by atoms with Crippen molar-refractivity contribution in [1.29, 1.82) is 0 Å². The van der Waals surface area contributed by atoms with Gasteiger partial charge in [0.25, 0.3) is 0 Å². The van der Waals surface area contributed by atoms with Crippen molar-refractivity contribution in [2.45, 2.75) is 6.92 Å². The Balaban J connectivity index is 3.33. The predicted molar refractivity (Wildman–Crippen MR) is 55.4 cm³/mol. The zero-order chi connectivity index (χ0) is 10.0. The fourth-order valence-corrected chi connectivity index (χ4v) is 1.35. The summed E-state index contributed by atoms with van der Waals surface area (Å²) in [5.74, 6) is -0.233. The van der Waals surface area contributed by atoms with E-state index in [2.05, 4.69) is 15.9 Å². The molecule has 1 aromatic rings. The lowest BCUT2D eigenvalue weighted by Crippen LogP contribution is -2.05. The second-order valence-electron chi connectivity index (χ2n) is 2.75. The lowest BCUT2D eigenvalue weighted by molar-refractivity contribution is 0.102. The molecule has 13 heavy (non-hydrogen) atoms. The van der Waals surface area contributed by atoms with E-state index in [1.165, 1.54) is 0 Å². The summed E-state index contributed by atoms with van der Waals surface area (Å²) in [6.45, 7) is 1.72. The number of hydrogen-bond donors (Lipinski definition) is 2. The number of phenolic OH excluding ortho intramolecular Hbond substituents is 1. The molecule has 0 saturated carbocycles. The number of aromatic hydroxyl groups is 1. The van der Waals surface area contributed by atoms with Crippen molar-refractivity contribution in [2.24, 2.45) is 0 Å². The van der Waals surface area contributed by atoms with Crippen LogP contribution in [0.2, 0.25) is 0 Å². The minimum Gasteiger partial charge on any atom is -0.507 e. The maximum Gasteiger partial charge on any atom is 0.179 e. The number of carbonyl (C=O) groups is 1. The normalized spacial score (nSPS) is 10.0. The third-order valence-corrected chi connectivity index (χ3v) is 2.32. The van der Waals surface area contributed by atoms with E-state index in [9.17, 15) is 9.90 Å². The van der Waals surface area contributed by atoms with Gasteiger partial charge in [0.1, 0.15) is 5.75 Å². The van der Waals surface area contributed by atoms with Crippen LogP contribution in [0.5, 0.6) is 5.75 Å². The molecule has 0 saturated heterocycles. The Morgan fingerprint density at radius 2 is 2.23 bits per heavy atom. The highest BCUT2D eigenvalue weighted by atomic mass is 79.9. The average Bonchev–Trinajstić information content (AvgIpc) is 2.12. The maximum atomic E-state index is 11.3. The molecular weight excluding hydrogens is 234 g/mol. The molecule has 0 amide bonds. The number of halogens is 1. The van der Waals surface area contributed by atoms with Crippen LogP contribution in [0.15, 0.2) is 12.1 Å². The number of ketones is 1. The summed E-state index contributed by atoms with van der Waals surface area (Å²) in [5.41, 5.74) is 6.73. The molecule has 0 spiro atoms. The van der Waals surface area contributed by atoms with Crippen molar-refractivity contribution >= 4 is 27.4 Å². The first-order chi connectivity index (χ1) is 6.07. The molecule has 0 aliphatic heterocycles. The summed E-state index contributed by atoms with van der Waals surface area (Å²) >= 11 is 3.03. The number of hydrogen-bond acceptors (Lipinski definition) is 3. The van der Waals surface area contributed by atoms with Crippen LogP contribution in [-0.4, -0.2) is 16.2 Å². The molecule has 4 heteroatoms. The van der Waals surface area contributed by atoms with E-state index in [4.69, 9.17) is 5.73 Å². The average molecular weight is 244 g/mol. The Morgan fingerprint density at radius 1 is 1.62 bits per heavy atom. The molecule has 0 bridgehead atoms. The van der Waals surface area contributed by atoms with Crippen LogP contribution in [0.25, 0.3) is 0 Å². The molecule has 0 atom stereocenters. The largest absolute Gasteiger partial charge is 0.507 e. The van der Waals surface area contributed by atoms with Crippen molar-refractivity contribution in [3.8, 4) is 5.75 Å². The third-order valence-electron chi connectivity index (χ3n) is 1.81. The summed E-state index contributed by atoms with van der Waals surface area (Å²) < 4.78 is 0. The first-order valence-electron chi connectivity index (χ1n) is 3.75. The van der Waals surface area contributed by atoms with Gasteiger partial charge in [-0.1, -0.05) is 22.0 Å². The topological polar surface area (TPSA) is 63.3 Å². The molecule has 1 rings (SSSR count). The number of carbonyl (C=O) groups excluding carboxylic acids is 1. The Hall–Kier alpha value is -1.03. The van der Waals surface area contributed by atoms with Crippen LogP contribution in [0, 0.1) is 6.92 Å². The highest BCUT2D eigenvalue weighted by molar-refractivity contribution is 9.09. The fraction of sp³-hybridized carbons (Fsp3) is 0.222. The summed E-state index contributed by atoms with van der Waals surface area (Å²) in [4.78, 5) is 11.3. The first-order valence-corrected chi connectivity index (χ1v) is 4.87. The monoisotopic (exact) mass is 243 g/mol. The zero-order valence-electron chi connectivity index (χ0n) is 7.17. The van der Waals surface area contributed by atoms with Gasteiger partial charge in [-0.25, -0.2) is 0 Å². The number of anilines is 1. The number of nitrogen functional groups attached to an aromatic ring is 1. The van der Waals surface area contributed by atoms with Gasteiger partial charge in [-0.2, -0.15) is 0 Å². The minimum atomic E-state index is -0.210. The molecular formula is C9H10BrNO2. The fourth-order valence-electron chi connectivity index (χ4n) is 1.07. The van der Waals surface area contributed by atoms with E-state index < -0.39 is 0 Å². The van der Waals surface area contributed by atoms with E-state index in [1.54, 1.807) is 19.1 Å². The van der Waals surface area contributed by atoms with Crippen LogP contribution < -0.4 is 5.73 Å². The Kier molecular flexibility index (Phi) is 2.93. The van der Waals surface area contributed by atoms with E-state index in [0.29, 0.717) is 11.3 Å². The van der Waals surface area contributed by atoms with Crippen LogP contribution in [0.3, 0.4) is 0 Å². The molecule has 0 aliphatic rings. The minimum absolute atomic E-state index is 0.0237. The number of aryl methyl sites for hydroxylation is 1. The molecule has 70 valence electrons. The first kappa shape index (κ1) is 10.1. The molecule has 1 aromatic carbocycles. The molecule has 3 N–H and O–H groups in total. The van der Waals surface area contributed by atoms with Crippen LogP contribution in [0.4, 0.5) is 5.69 Å². The van der Waals surface area contributed by atoms with Gasteiger partial charge in [-0.3, -0.25) is 4.79 Å². The number of benzene rings is 1. The smallest absolute Gasteiger partial charge is 0.179 e. The third kappa shape index (κ3) is 1.83. The molecule has 0 unspecified atom stereocenters. The van der Waals surface area contributed by atoms with E-state index in [1.807, 2.05) is 0 Å². The number of phenols is 1. The standard InChI is InChI=1S/C9H10BrNO2/c1-5-2-3-6(11)8(9(5)13)7(12)4-10/h2-3,13H,4,11H2,1H3. The zero-order valence-corrected chi connectivity index (χ0v) is 8.76.